The van der Waals surface area contributed by atoms with E-state index in [9.17, 15) is 4.79 Å². The van der Waals surface area contributed by atoms with E-state index < -0.39 is 0 Å². The Morgan fingerprint density at radius 3 is 2.36 bits per heavy atom. The van der Waals surface area contributed by atoms with Crippen molar-refractivity contribution in [1.29, 1.82) is 0 Å². The van der Waals surface area contributed by atoms with E-state index in [4.69, 9.17) is 4.98 Å². The maximum absolute atomic E-state index is 13.1. The molecule has 3 heteroatoms. The van der Waals surface area contributed by atoms with Gasteiger partial charge in [-0.1, -0.05) is 66.2 Å². The summed E-state index contributed by atoms with van der Waals surface area (Å²) in [6.45, 7) is 5.99. The van der Waals surface area contributed by atoms with Crippen LogP contribution in [0.5, 0.6) is 0 Å². The zero-order chi connectivity index (χ0) is 19.7. The van der Waals surface area contributed by atoms with Gasteiger partial charge >= 0.3 is 0 Å². The first kappa shape index (κ1) is 17.9. The van der Waals surface area contributed by atoms with Crippen LogP contribution in [0.15, 0.2) is 72.8 Å². The van der Waals surface area contributed by atoms with Crippen LogP contribution in [0.4, 0.5) is 5.69 Å². The van der Waals surface area contributed by atoms with Crippen LogP contribution in [0, 0.1) is 20.8 Å². The average Bonchev–Trinajstić information content (AvgIpc) is 2.69. The van der Waals surface area contributed by atoms with Gasteiger partial charge in [0.05, 0.1) is 11.1 Å². The highest BCUT2D eigenvalue weighted by Gasteiger charge is 2.15. The second-order valence-corrected chi connectivity index (χ2v) is 7.15. The highest BCUT2D eigenvalue weighted by molar-refractivity contribution is 6.14. The van der Waals surface area contributed by atoms with E-state index in [2.05, 4.69) is 42.6 Å². The molecule has 0 spiro atoms. The molecule has 4 rings (SSSR count). The third-order valence-corrected chi connectivity index (χ3v) is 4.97. The summed E-state index contributed by atoms with van der Waals surface area (Å²) in [7, 11) is 0. The number of pyridine rings is 1. The number of carbonyl (C=O) groups excluding carboxylic acids is 1. The van der Waals surface area contributed by atoms with Crippen molar-refractivity contribution in [2.45, 2.75) is 20.8 Å². The molecule has 1 heterocycles. The molecule has 28 heavy (non-hydrogen) atoms. The van der Waals surface area contributed by atoms with Gasteiger partial charge in [0, 0.05) is 22.3 Å². The molecule has 1 N–H and O–H groups in total. The molecule has 4 aromatic rings. The Bertz CT molecular complexity index is 1180. The molecule has 3 nitrogen and oxygen atoms in total. The molecular formula is C25H22N2O. The molecule has 0 saturated heterocycles. The van der Waals surface area contributed by atoms with Crippen LogP contribution in [0.2, 0.25) is 0 Å². The standard InChI is InChI=1S/C25H22N2O/c1-16-11-13-19(14-12-16)20-8-6-9-21-22(15-18(3)26-24(20)21)25(28)27-23-10-5-4-7-17(23)2/h4-15H,1-3H3,(H,27,28). The van der Waals surface area contributed by atoms with Crippen LogP contribution < -0.4 is 5.32 Å². The van der Waals surface area contributed by atoms with E-state index in [1.54, 1.807) is 0 Å². The molecule has 0 aliphatic carbocycles. The predicted molar refractivity (Wildman–Crippen MR) is 116 cm³/mol. The number of carbonyl (C=O) groups is 1. The molecule has 0 radical (unpaired) electrons. The predicted octanol–water partition coefficient (Wildman–Crippen LogP) is 6.08. The minimum atomic E-state index is -0.120. The summed E-state index contributed by atoms with van der Waals surface area (Å²) < 4.78 is 0. The number of para-hydroxylation sites is 2. The molecule has 0 fully saturated rings. The van der Waals surface area contributed by atoms with Gasteiger partial charge in [0.2, 0.25) is 0 Å². The molecule has 0 saturated carbocycles. The summed E-state index contributed by atoms with van der Waals surface area (Å²) in [5, 5.41) is 3.90. The monoisotopic (exact) mass is 366 g/mol. The summed E-state index contributed by atoms with van der Waals surface area (Å²) in [5.41, 5.74) is 7.51. The lowest BCUT2D eigenvalue weighted by Crippen LogP contribution is -2.14. The molecule has 0 atom stereocenters. The SMILES string of the molecule is Cc1ccc(-c2cccc3c(C(=O)Nc4ccccc4C)cc(C)nc23)cc1. The molecule has 0 unspecified atom stereocenters. The lowest BCUT2D eigenvalue weighted by Gasteiger charge is -2.13. The van der Waals surface area contributed by atoms with Crippen molar-refractivity contribution in [3.8, 4) is 11.1 Å². The zero-order valence-electron chi connectivity index (χ0n) is 16.3. The Morgan fingerprint density at radius 1 is 0.857 bits per heavy atom. The number of aryl methyl sites for hydroxylation is 3. The molecule has 1 aromatic heterocycles. The Balaban J connectivity index is 1.84. The minimum Gasteiger partial charge on any atom is -0.322 e. The fourth-order valence-electron chi connectivity index (χ4n) is 3.43. The number of aromatic nitrogens is 1. The summed E-state index contributed by atoms with van der Waals surface area (Å²) in [6, 6.07) is 24.0. The summed E-state index contributed by atoms with van der Waals surface area (Å²) in [4.78, 5) is 17.8. The topological polar surface area (TPSA) is 42.0 Å². The first-order chi connectivity index (χ1) is 13.5. The number of anilines is 1. The number of amides is 1. The van der Waals surface area contributed by atoms with E-state index >= 15 is 0 Å². The van der Waals surface area contributed by atoms with Crippen LogP contribution in [0.25, 0.3) is 22.0 Å². The highest BCUT2D eigenvalue weighted by atomic mass is 16.1. The van der Waals surface area contributed by atoms with Gasteiger partial charge in [0.1, 0.15) is 0 Å². The first-order valence-corrected chi connectivity index (χ1v) is 9.37. The number of rotatable bonds is 3. The molecule has 0 aliphatic heterocycles. The first-order valence-electron chi connectivity index (χ1n) is 9.37. The highest BCUT2D eigenvalue weighted by Crippen LogP contribution is 2.30. The number of benzene rings is 3. The van der Waals surface area contributed by atoms with Crippen molar-refractivity contribution in [2.75, 3.05) is 5.32 Å². The van der Waals surface area contributed by atoms with Gasteiger partial charge in [0.15, 0.2) is 0 Å². The van der Waals surface area contributed by atoms with Crippen LogP contribution in [0.3, 0.4) is 0 Å². The van der Waals surface area contributed by atoms with Gasteiger partial charge in [-0.2, -0.15) is 0 Å². The van der Waals surface area contributed by atoms with Crippen molar-refractivity contribution in [3.63, 3.8) is 0 Å². The average molecular weight is 366 g/mol. The Kier molecular flexibility index (Phi) is 4.66. The second-order valence-electron chi connectivity index (χ2n) is 7.15. The van der Waals surface area contributed by atoms with Gasteiger partial charge in [0.25, 0.3) is 5.91 Å². The van der Waals surface area contributed by atoms with Gasteiger partial charge in [-0.15, -0.1) is 0 Å². The number of hydrogen-bond donors (Lipinski definition) is 1. The Labute approximate surface area is 165 Å². The summed E-state index contributed by atoms with van der Waals surface area (Å²) in [6.07, 6.45) is 0. The van der Waals surface area contributed by atoms with Gasteiger partial charge < -0.3 is 5.32 Å². The minimum absolute atomic E-state index is 0.120. The fraction of sp³-hybridized carbons (Fsp3) is 0.120. The molecule has 3 aromatic carbocycles. The van der Waals surface area contributed by atoms with Gasteiger partial charge in [-0.05, 0) is 44.0 Å². The Morgan fingerprint density at radius 2 is 1.61 bits per heavy atom. The molecule has 0 aliphatic rings. The maximum Gasteiger partial charge on any atom is 0.256 e. The smallest absolute Gasteiger partial charge is 0.256 e. The van der Waals surface area contributed by atoms with Crippen LogP contribution >= 0.6 is 0 Å². The van der Waals surface area contributed by atoms with Crippen molar-refractivity contribution in [1.82, 2.24) is 4.98 Å². The van der Waals surface area contributed by atoms with E-state index in [0.29, 0.717) is 5.56 Å². The normalized spacial score (nSPS) is 10.8. The number of nitrogens with zero attached hydrogens (tertiary/aromatic N) is 1. The lowest BCUT2D eigenvalue weighted by molar-refractivity contribution is 0.102. The molecule has 0 bridgehead atoms. The number of fused-ring (bicyclic) bond motifs is 1. The summed E-state index contributed by atoms with van der Waals surface area (Å²) in [5.74, 6) is -0.120. The maximum atomic E-state index is 13.1. The van der Waals surface area contributed by atoms with Crippen molar-refractivity contribution in [2.24, 2.45) is 0 Å². The largest absolute Gasteiger partial charge is 0.322 e. The molecule has 1 amide bonds. The third-order valence-electron chi connectivity index (χ3n) is 4.97. The van der Waals surface area contributed by atoms with Crippen LogP contribution in [-0.2, 0) is 0 Å². The fourth-order valence-corrected chi connectivity index (χ4v) is 3.43. The number of nitrogens with one attached hydrogen (secondary N) is 1. The quantitative estimate of drug-likeness (QED) is 0.477. The van der Waals surface area contributed by atoms with E-state index in [1.807, 2.05) is 56.3 Å². The number of hydrogen-bond acceptors (Lipinski definition) is 2. The van der Waals surface area contributed by atoms with E-state index in [0.717, 1.165) is 39.0 Å². The van der Waals surface area contributed by atoms with E-state index in [-0.39, 0.29) is 5.91 Å². The van der Waals surface area contributed by atoms with Crippen LogP contribution in [0.1, 0.15) is 27.2 Å². The second kappa shape index (κ2) is 7.28. The molecular weight excluding hydrogens is 344 g/mol. The Hall–Kier alpha value is -3.46. The summed E-state index contributed by atoms with van der Waals surface area (Å²) >= 11 is 0. The van der Waals surface area contributed by atoms with Crippen molar-refractivity contribution in [3.05, 3.63) is 95.2 Å². The zero-order valence-corrected chi connectivity index (χ0v) is 16.3. The van der Waals surface area contributed by atoms with Gasteiger partial charge in [-0.25, -0.2) is 0 Å². The molecule has 138 valence electrons. The lowest BCUT2D eigenvalue weighted by atomic mass is 9.98. The van der Waals surface area contributed by atoms with Crippen LogP contribution in [-0.4, -0.2) is 10.9 Å². The van der Waals surface area contributed by atoms with E-state index in [1.165, 1.54) is 5.56 Å². The van der Waals surface area contributed by atoms with Crippen molar-refractivity contribution >= 4 is 22.5 Å². The van der Waals surface area contributed by atoms with Crippen molar-refractivity contribution < 1.29 is 4.79 Å². The third kappa shape index (κ3) is 3.39. The van der Waals surface area contributed by atoms with Gasteiger partial charge in [-0.3, -0.25) is 9.78 Å².